The number of rotatable bonds is 3. The minimum Gasteiger partial charge on any atom is -0.380 e. The summed E-state index contributed by atoms with van der Waals surface area (Å²) < 4.78 is 0. The summed E-state index contributed by atoms with van der Waals surface area (Å²) >= 11 is 0. The highest BCUT2D eigenvalue weighted by Gasteiger charge is 2.11. The van der Waals surface area contributed by atoms with E-state index in [-0.39, 0.29) is 0 Å². The van der Waals surface area contributed by atoms with Crippen molar-refractivity contribution in [3.8, 4) is 11.8 Å². The fourth-order valence-corrected chi connectivity index (χ4v) is 1.53. The zero-order valence-electron chi connectivity index (χ0n) is 9.40. The minimum absolute atomic E-state index is 0.293. The summed E-state index contributed by atoms with van der Waals surface area (Å²) in [5.41, 5.74) is 0.961. The first-order chi connectivity index (χ1) is 7.27. The lowest BCUT2D eigenvalue weighted by Crippen LogP contribution is -2.16. The quantitative estimate of drug-likeness (QED) is 0.747. The number of hydrogen-bond acceptors (Lipinski definition) is 1. The van der Waals surface area contributed by atoms with Crippen molar-refractivity contribution in [2.24, 2.45) is 5.92 Å². The van der Waals surface area contributed by atoms with E-state index in [4.69, 9.17) is 0 Å². The van der Waals surface area contributed by atoms with Gasteiger partial charge in [-0.15, -0.1) is 0 Å². The molecule has 0 amide bonds. The predicted octanol–water partition coefficient (Wildman–Crippen LogP) is 2.84. The highest BCUT2D eigenvalue weighted by Crippen LogP contribution is 2.12. The summed E-state index contributed by atoms with van der Waals surface area (Å²) in [4.78, 5) is 0. The summed E-state index contributed by atoms with van der Waals surface area (Å²) in [6, 6.07) is 9.77. The van der Waals surface area contributed by atoms with Crippen LogP contribution < -0.4 is 0 Å². The van der Waals surface area contributed by atoms with Crippen molar-refractivity contribution in [1.29, 1.82) is 0 Å². The third kappa shape index (κ3) is 3.77. The largest absolute Gasteiger partial charge is 0.380 e. The SMILES string of the molecule is CCC(CC)[C@@H](O)C#Cc1ccccc1. The minimum atomic E-state index is -0.500. The lowest BCUT2D eigenvalue weighted by molar-refractivity contribution is 0.155. The molecule has 1 N–H and O–H groups in total. The monoisotopic (exact) mass is 202 g/mol. The van der Waals surface area contributed by atoms with Crippen LogP contribution in [0.15, 0.2) is 30.3 Å². The van der Waals surface area contributed by atoms with E-state index in [2.05, 4.69) is 25.7 Å². The Kier molecular flexibility index (Phi) is 4.93. The molecule has 0 aromatic heterocycles. The van der Waals surface area contributed by atoms with Crippen LogP contribution in [0.5, 0.6) is 0 Å². The number of aliphatic hydroxyl groups is 1. The molecule has 0 fully saturated rings. The second-order valence-electron chi connectivity index (χ2n) is 3.66. The van der Waals surface area contributed by atoms with Crippen LogP contribution in [0.25, 0.3) is 0 Å². The molecular weight excluding hydrogens is 184 g/mol. The molecule has 1 aromatic carbocycles. The third-order valence-electron chi connectivity index (χ3n) is 2.63. The Morgan fingerprint density at radius 2 is 1.73 bits per heavy atom. The van der Waals surface area contributed by atoms with E-state index >= 15 is 0 Å². The molecule has 0 saturated heterocycles. The van der Waals surface area contributed by atoms with E-state index in [1.54, 1.807) is 0 Å². The standard InChI is InChI=1S/C14H18O/c1-3-13(4-2)14(15)11-10-12-8-6-5-7-9-12/h5-9,13-15H,3-4H2,1-2H3/t14-/m0/s1. The third-order valence-corrected chi connectivity index (χ3v) is 2.63. The van der Waals surface area contributed by atoms with Crippen molar-refractivity contribution >= 4 is 0 Å². The van der Waals surface area contributed by atoms with E-state index < -0.39 is 6.10 Å². The Balaban J connectivity index is 2.65. The van der Waals surface area contributed by atoms with Crippen LogP contribution in [-0.2, 0) is 0 Å². The first kappa shape index (κ1) is 11.8. The average Bonchev–Trinajstić information content (AvgIpc) is 2.29. The fourth-order valence-electron chi connectivity index (χ4n) is 1.53. The van der Waals surface area contributed by atoms with Gasteiger partial charge < -0.3 is 5.11 Å². The van der Waals surface area contributed by atoms with Crippen LogP contribution in [0.3, 0.4) is 0 Å². The second kappa shape index (κ2) is 6.27. The van der Waals surface area contributed by atoms with E-state index in [1.165, 1.54) is 0 Å². The highest BCUT2D eigenvalue weighted by molar-refractivity contribution is 5.34. The topological polar surface area (TPSA) is 20.2 Å². The van der Waals surface area contributed by atoms with Gasteiger partial charge in [-0.05, 0) is 30.9 Å². The van der Waals surface area contributed by atoms with Crippen molar-refractivity contribution in [3.63, 3.8) is 0 Å². The normalized spacial score (nSPS) is 12.0. The second-order valence-corrected chi connectivity index (χ2v) is 3.66. The van der Waals surface area contributed by atoms with Crippen LogP contribution >= 0.6 is 0 Å². The molecule has 80 valence electrons. The molecule has 1 nitrogen and oxygen atoms in total. The molecule has 1 atom stereocenters. The van der Waals surface area contributed by atoms with Crippen molar-refractivity contribution in [1.82, 2.24) is 0 Å². The smallest absolute Gasteiger partial charge is 0.117 e. The van der Waals surface area contributed by atoms with Gasteiger partial charge in [-0.1, -0.05) is 43.9 Å². The van der Waals surface area contributed by atoms with Gasteiger partial charge in [0.1, 0.15) is 6.10 Å². The van der Waals surface area contributed by atoms with Gasteiger partial charge in [0.2, 0.25) is 0 Å². The van der Waals surface area contributed by atoms with Crippen LogP contribution in [0.4, 0.5) is 0 Å². The van der Waals surface area contributed by atoms with Crippen molar-refractivity contribution in [2.75, 3.05) is 0 Å². The maximum atomic E-state index is 9.80. The molecule has 0 radical (unpaired) electrons. The molecule has 1 heteroatoms. The van der Waals surface area contributed by atoms with Crippen molar-refractivity contribution < 1.29 is 5.11 Å². The van der Waals surface area contributed by atoms with Crippen LogP contribution in [-0.4, -0.2) is 11.2 Å². The van der Waals surface area contributed by atoms with Crippen LogP contribution in [0, 0.1) is 17.8 Å². The zero-order chi connectivity index (χ0) is 11.1. The molecule has 0 heterocycles. The molecular formula is C14H18O. The number of aliphatic hydroxyl groups excluding tert-OH is 1. The molecule has 0 saturated carbocycles. The molecule has 0 spiro atoms. The predicted molar refractivity (Wildman–Crippen MR) is 63.4 cm³/mol. The van der Waals surface area contributed by atoms with E-state index in [0.717, 1.165) is 18.4 Å². The zero-order valence-corrected chi connectivity index (χ0v) is 9.40. The fraction of sp³-hybridized carbons (Fsp3) is 0.429. The molecule has 1 aromatic rings. The van der Waals surface area contributed by atoms with Gasteiger partial charge in [-0.25, -0.2) is 0 Å². The molecule has 0 aliphatic rings. The number of benzene rings is 1. The first-order valence-electron chi connectivity index (χ1n) is 5.52. The Morgan fingerprint density at radius 1 is 1.13 bits per heavy atom. The van der Waals surface area contributed by atoms with Crippen molar-refractivity contribution in [2.45, 2.75) is 32.8 Å². The lowest BCUT2D eigenvalue weighted by atomic mass is 9.97. The van der Waals surface area contributed by atoms with Gasteiger partial charge in [0.25, 0.3) is 0 Å². The first-order valence-corrected chi connectivity index (χ1v) is 5.52. The van der Waals surface area contributed by atoms with Gasteiger partial charge in [-0.3, -0.25) is 0 Å². The van der Waals surface area contributed by atoms with E-state index in [9.17, 15) is 5.11 Å². The van der Waals surface area contributed by atoms with Crippen LogP contribution in [0.1, 0.15) is 32.3 Å². The van der Waals surface area contributed by atoms with Gasteiger partial charge >= 0.3 is 0 Å². The Bertz CT molecular complexity index is 327. The van der Waals surface area contributed by atoms with Crippen molar-refractivity contribution in [3.05, 3.63) is 35.9 Å². The van der Waals surface area contributed by atoms with Gasteiger partial charge in [0.15, 0.2) is 0 Å². The molecule has 0 aliphatic heterocycles. The van der Waals surface area contributed by atoms with Gasteiger partial charge in [0.05, 0.1) is 0 Å². The summed E-state index contributed by atoms with van der Waals surface area (Å²) in [7, 11) is 0. The molecule has 0 bridgehead atoms. The lowest BCUT2D eigenvalue weighted by Gasteiger charge is -2.13. The Hall–Kier alpha value is -1.26. The Labute approximate surface area is 92.1 Å². The van der Waals surface area contributed by atoms with Crippen LogP contribution in [0.2, 0.25) is 0 Å². The summed E-state index contributed by atoms with van der Waals surface area (Å²) in [5, 5.41) is 9.80. The average molecular weight is 202 g/mol. The molecule has 0 unspecified atom stereocenters. The molecule has 15 heavy (non-hydrogen) atoms. The summed E-state index contributed by atoms with van der Waals surface area (Å²) in [6.45, 7) is 4.17. The highest BCUT2D eigenvalue weighted by atomic mass is 16.3. The maximum Gasteiger partial charge on any atom is 0.117 e. The summed E-state index contributed by atoms with van der Waals surface area (Å²) in [5.74, 6) is 6.19. The number of hydrogen-bond donors (Lipinski definition) is 1. The molecule has 0 aliphatic carbocycles. The van der Waals surface area contributed by atoms with Gasteiger partial charge in [-0.2, -0.15) is 0 Å². The van der Waals surface area contributed by atoms with E-state index in [0.29, 0.717) is 5.92 Å². The Morgan fingerprint density at radius 3 is 2.27 bits per heavy atom. The molecule has 1 rings (SSSR count). The van der Waals surface area contributed by atoms with Gasteiger partial charge in [0, 0.05) is 5.56 Å². The van der Waals surface area contributed by atoms with E-state index in [1.807, 2.05) is 30.3 Å². The summed E-state index contributed by atoms with van der Waals surface area (Å²) in [6.07, 6.45) is 1.45. The maximum absolute atomic E-state index is 9.80.